The standard InChI is InChI=1S/C11H11N3/c12-3-8-5-13-6-10-9(8)1-7-2-11(10)14-4-7/h5-7,11,14H,1-2,4H2. The van der Waals surface area contributed by atoms with Gasteiger partial charge in [-0.1, -0.05) is 0 Å². The van der Waals surface area contributed by atoms with Gasteiger partial charge < -0.3 is 5.32 Å². The lowest BCUT2D eigenvalue weighted by molar-refractivity contribution is 0.523. The summed E-state index contributed by atoms with van der Waals surface area (Å²) in [6.07, 6.45) is 5.85. The molecule has 1 N–H and O–H groups in total. The van der Waals surface area contributed by atoms with Crippen molar-refractivity contribution in [1.29, 1.82) is 5.26 Å². The molecule has 0 radical (unpaired) electrons. The third kappa shape index (κ3) is 0.978. The van der Waals surface area contributed by atoms with E-state index in [0.717, 1.165) is 24.4 Å². The van der Waals surface area contributed by atoms with Crippen molar-refractivity contribution in [2.75, 3.05) is 6.54 Å². The topological polar surface area (TPSA) is 48.7 Å². The minimum atomic E-state index is 0.449. The Hall–Kier alpha value is -1.40. The van der Waals surface area contributed by atoms with Crippen LogP contribution in [0.4, 0.5) is 0 Å². The maximum Gasteiger partial charge on any atom is 0.101 e. The predicted molar refractivity (Wildman–Crippen MR) is 51.5 cm³/mol. The van der Waals surface area contributed by atoms with Gasteiger partial charge in [-0.3, -0.25) is 4.98 Å². The van der Waals surface area contributed by atoms with Gasteiger partial charge in [0.05, 0.1) is 5.56 Å². The Kier molecular flexibility index (Phi) is 1.59. The molecule has 2 bridgehead atoms. The van der Waals surface area contributed by atoms with Crippen molar-refractivity contribution >= 4 is 0 Å². The first-order chi connectivity index (χ1) is 6.88. The molecule has 1 saturated heterocycles. The average Bonchev–Trinajstić information content (AvgIpc) is 2.61. The van der Waals surface area contributed by atoms with Crippen LogP contribution in [0, 0.1) is 17.2 Å². The lowest BCUT2D eigenvalue weighted by Gasteiger charge is -2.21. The van der Waals surface area contributed by atoms with Crippen molar-refractivity contribution in [2.24, 2.45) is 5.92 Å². The van der Waals surface area contributed by atoms with Gasteiger partial charge in [0.2, 0.25) is 0 Å². The van der Waals surface area contributed by atoms with E-state index in [4.69, 9.17) is 5.26 Å². The largest absolute Gasteiger partial charge is 0.310 e. The molecule has 3 nitrogen and oxygen atoms in total. The maximum absolute atomic E-state index is 8.98. The highest BCUT2D eigenvalue weighted by atomic mass is 15.0. The second-order valence-corrected chi connectivity index (χ2v) is 4.13. The zero-order valence-corrected chi connectivity index (χ0v) is 7.83. The number of fused-ring (bicyclic) bond motifs is 4. The molecule has 3 rings (SSSR count). The third-order valence-electron chi connectivity index (χ3n) is 3.30. The lowest BCUT2D eigenvalue weighted by atomic mass is 9.83. The van der Waals surface area contributed by atoms with E-state index >= 15 is 0 Å². The fraction of sp³-hybridized carbons (Fsp3) is 0.455. The summed E-state index contributed by atoms with van der Waals surface area (Å²) in [6.45, 7) is 1.09. The summed E-state index contributed by atoms with van der Waals surface area (Å²) in [4.78, 5) is 4.12. The van der Waals surface area contributed by atoms with Crippen LogP contribution >= 0.6 is 0 Å². The molecule has 2 aliphatic rings. The third-order valence-corrected chi connectivity index (χ3v) is 3.30. The van der Waals surface area contributed by atoms with E-state index in [1.54, 1.807) is 6.20 Å². The predicted octanol–water partition coefficient (Wildman–Crippen LogP) is 1.16. The normalized spacial score (nSPS) is 28.2. The average molecular weight is 185 g/mol. The van der Waals surface area contributed by atoms with E-state index in [2.05, 4.69) is 16.4 Å². The molecule has 2 atom stereocenters. The molecule has 0 spiro atoms. The molecule has 0 saturated carbocycles. The second kappa shape index (κ2) is 2.79. The minimum absolute atomic E-state index is 0.449. The highest BCUT2D eigenvalue weighted by molar-refractivity contribution is 5.44. The number of hydrogen-bond donors (Lipinski definition) is 1. The van der Waals surface area contributed by atoms with Crippen LogP contribution in [-0.2, 0) is 6.42 Å². The van der Waals surface area contributed by atoms with Gasteiger partial charge in [-0.25, -0.2) is 0 Å². The van der Waals surface area contributed by atoms with E-state index in [1.807, 2.05) is 6.20 Å². The molecule has 1 aromatic rings. The van der Waals surface area contributed by atoms with Gasteiger partial charge in [0.25, 0.3) is 0 Å². The summed E-state index contributed by atoms with van der Waals surface area (Å²) >= 11 is 0. The van der Waals surface area contributed by atoms with Crippen molar-refractivity contribution in [3.8, 4) is 6.07 Å². The fourth-order valence-corrected chi connectivity index (χ4v) is 2.62. The number of hydrogen-bond acceptors (Lipinski definition) is 3. The Morgan fingerprint density at radius 1 is 1.50 bits per heavy atom. The fourth-order valence-electron chi connectivity index (χ4n) is 2.62. The van der Waals surface area contributed by atoms with Crippen molar-refractivity contribution in [2.45, 2.75) is 18.9 Å². The lowest BCUT2D eigenvalue weighted by Crippen LogP contribution is -2.15. The first-order valence-corrected chi connectivity index (χ1v) is 4.98. The van der Waals surface area contributed by atoms with Crippen LogP contribution < -0.4 is 5.32 Å². The Morgan fingerprint density at radius 3 is 3.29 bits per heavy atom. The number of nitrogens with one attached hydrogen (secondary N) is 1. The molecular weight excluding hydrogens is 174 g/mol. The molecule has 2 heterocycles. The summed E-state index contributed by atoms with van der Waals surface area (Å²) in [7, 11) is 0. The number of pyridine rings is 1. The minimum Gasteiger partial charge on any atom is -0.310 e. The van der Waals surface area contributed by atoms with E-state index in [-0.39, 0.29) is 0 Å². The highest BCUT2D eigenvalue weighted by Crippen LogP contribution is 2.38. The van der Waals surface area contributed by atoms with E-state index in [9.17, 15) is 0 Å². The van der Waals surface area contributed by atoms with Crippen molar-refractivity contribution in [3.05, 3.63) is 29.1 Å². The van der Waals surface area contributed by atoms with Gasteiger partial charge in [-0.05, 0) is 36.4 Å². The SMILES string of the molecule is N#Cc1cncc2c1CC1CNC2C1. The summed E-state index contributed by atoms with van der Waals surface area (Å²) in [5, 5.41) is 12.5. The van der Waals surface area contributed by atoms with Crippen LogP contribution in [0.1, 0.15) is 29.2 Å². The van der Waals surface area contributed by atoms with Crippen LogP contribution in [0.3, 0.4) is 0 Å². The molecule has 70 valence electrons. The molecule has 1 fully saturated rings. The Morgan fingerprint density at radius 2 is 2.43 bits per heavy atom. The van der Waals surface area contributed by atoms with Crippen molar-refractivity contribution < 1.29 is 0 Å². The molecule has 1 aliphatic heterocycles. The Bertz CT molecular complexity index is 419. The smallest absolute Gasteiger partial charge is 0.101 e. The van der Waals surface area contributed by atoms with Gasteiger partial charge in [-0.2, -0.15) is 5.26 Å². The maximum atomic E-state index is 8.98. The van der Waals surface area contributed by atoms with Crippen molar-refractivity contribution in [3.63, 3.8) is 0 Å². The van der Waals surface area contributed by atoms with Gasteiger partial charge >= 0.3 is 0 Å². The molecular formula is C11H11N3. The molecule has 1 aromatic heterocycles. The summed E-state index contributed by atoms with van der Waals surface area (Å²) in [5.74, 6) is 0.724. The van der Waals surface area contributed by atoms with E-state index < -0.39 is 0 Å². The zero-order valence-electron chi connectivity index (χ0n) is 7.83. The molecule has 14 heavy (non-hydrogen) atoms. The molecule has 0 aromatic carbocycles. The monoisotopic (exact) mass is 185 g/mol. The molecule has 3 heteroatoms. The first kappa shape index (κ1) is 7.95. The van der Waals surface area contributed by atoms with Crippen molar-refractivity contribution in [1.82, 2.24) is 10.3 Å². The van der Waals surface area contributed by atoms with Crippen LogP contribution in [-0.4, -0.2) is 11.5 Å². The van der Waals surface area contributed by atoms with Gasteiger partial charge in [0.1, 0.15) is 6.07 Å². The number of nitrogens with zero attached hydrogens (tertiary/aromatic N) is 2. The van der Waals surface area contributed by atoms with Gasteiger partial charge in [-0.15, -0.1) is 0 Å². The van der Waals surface area contributed by atoms with Crippen LogP contribution in [0.2, 0.25) is 0 Å². The quantitative estimate of drug-likeness (QED) is 0.659. The van der Waals surface area contributed by atoms with E-state index in [1.165, 1.54) is 17.5 Å². The number of nitriles is 1. The highest BCUT2D eigenvalue weighted by Gasteiger charge is 2.33. The Balaban J connectivity index is 2.18. The molecule has 0 amide bonds. The van der Waals surface area contributed by atoms with E-state index in [0.29, 0.717) is 6.04 Å². The molecule has 2 unspecified atom stereocenters. The summed E-state index contributed by atoms with van der Waals surface area (Å²) in [5.41, 5.74) is 3.24. The number of aromatic nitrogens is 1. The Labute approximate surface area is 82.8 Å². The second-order valence-electron chi connectivity index (χ2n) is 4.13. The van der Waals surface area contributed by atoms with Crippen LogP contribution in [0.15, 0.2) is 12.4 Å². The zero-order chi connectivity index (χ0) is 9.54. The summed E-state index contributed by atoms with van der Waals surface area (Å²) in [6, 6.07) is 2.68. The number of rotatable bonds is 0. The van der Waals surface area contributed by atoms with Gasteiger partial charge in [0, 0.05) is 18.4 Å². The van der Waals surface area contributed by atoms with Crippen LogP contribution in [0.25, 0.3) is 0 Å². The molecule has 1 aliphatic carbocycles. The van der Waals surface area contributed by atoms with Crippen LogP contribution in [0.5, 0.6) is 0 Å². The van der Waals surface area contributed by atoms with Gasteiger partial charge in [0.15, 0.2) is 0 Å². The summed E-state index contributed by atoms with van der Waals surface area (Å²) < 4.78 is 0. The first-order valence-electron chi connectivity index (χ1n) is 4.98.